The van der Waals surface area contributed by atoms with E-state index in [1.807, 2.05) is 0 Å². The molecule has 0 radical (unpaired) electrons. The summed E-state index contributed by atoms with van der Waals surface area (Å²) >= 11 is 0. The molecule has 13 heavy (non-hydrogen) atoms. The zero-order valence-electron chi connectivity index (χ0n) is 7.34. The van der Waals surface area contributed by atoms with Gasteiger partial charge in [-0.05, 0) is 13.3 Å². The monoisotopic (exact) mass is 196 g/mol. The van der Waals surface area contributed by atoms with Crippen molar-refractivity contribution in [1.82, 2.24) is 0 Å². The summed E-state index contributed by atoms with van der Waals surface area (Å²) in [7, 11) is 0. The maximum absolute atomic E-state index is 12.3. The van der Waals surface area contributed by atoms with Gasteiger partial charge in [-0.25, -0.2) is 8.78 Å². The molecule has 0 heterocycles. The van der Waals surface area contributed by atoms with E-state index in [0.29, 0.717) is 0 Å². The van der Waals surface area contributed by atoms with E-state index >= 15 is 0 Å². The van der Waals surface area contributed by atoms with E-state index in [0.717, 1.165) is 6.92 Å². The van der Waals surface area contributed by atoms with Crippen LogP contribution in [0.4, 0.5) is 8.78 Å². The first kappa shape index (κ1) is 12.2. The van der Waals surface area contributed by atoms with Crippen molar-refractivity contribution in [3.8, 4) is 0 Å². The normalized spacial score (nSPS) is 16.7. The minimum absolute atomic E-state index is 0.145. The highest BCUT2D eigenvalue weighted by atomic mass is 19.3. The molecule has 0 aromatic rings. The number of carbonyl (C=O) groups excluding carboxylic acids is 1. The van der Waals surface area contributed by atoms with Crippen molar-refractivity contribution in [2.45, 2.75) is 37.8 Å². The molecule has 0 aromatic heterocycles. The average molecular weight is 196 g/mol. The Morgan fingerprint density at radius 1 is 1.62 bits per heavy atom. The van der Waals surface area contributed by atoms with Crippen LogP contribution in [0.25, 0.3) is 0 Å². The molecule has 2 atom stereocenters. The predicted molar refractivity (Wildman–Crippen MR) is 43.0 cm³/mol. The summed E-state index contributed by atoms with van der Waals surface area (Å²) < 4.78 is 24.6. The van der Waals surface area contributed by atoms with Gasteiger partial charge in [0.15, 0.2) is 0 Å². The number of carbonyl (C=O) groups is 1. The molecule has 0 rings (SSSR count). The standard InChI is InChI=1S/C7H14F2N2O2/c1-7(8,9)3-2-4(10)5(12)6(11)13/h4-5,12H,2-3,10H2,1H3,(H2,11,13)/t4-,5?/m0/s1. The molecule has 0 saturated carbocycles. The molecule has 6 heteroatoms. The molecule has 0 aromatic carbocycles. The van der Waals surface area contributed by atoms with Crippen LogP contribution in [-0.2, 0) is 4.79 Å². The summed E-state index contributed by atoms with van der Waals surface area (Å²) in [5.41, 5.74) is 9.96. The Labute approximate surface area is 74.9 Å². The van der Waals surface area contributed by atoms with Gasteiger partial charge in [0.25, 0.3) is 0 Å². The second-order valence-corrected chi connectivity index (χ2v) is 3.12. The van der Waals surface area contributed by atoms with Crippen molar-refractivity contribution in [2.24, 2.45) is 11.5 Å². The number of aliphatic hydroxyl groups is 1. The third-order valence-corrected chi connectivity index (χ3v) is 1.61. The van der Waals surface area contributed by atoms with Crippen molar-refractivity contribution in [1.29, 1.82) is 0 Å². The Hall–Kier alpha value is -0.750. The van der Waals surface area contributed by atoms with Gasteiger partial charge in [0.2, 0.25) is 11.8 Å². The molecule has 78 valence electrons. The minimum atomic E-state index is -2.84. The molecule has 1 amide bonds. The highest BCUT2D eigenvalue weighted by molar-refractivity contribution is 5.79. The highest BCUT2D eigenvalue weighted by Gasteiger charge is 2.26. The number of primary amides is 1. The van der Waals surface area contributed by atoms with E-state index in [9.17, 15) is 13.6 Å². The lowest BCUT2D eigenvalue weighted by atomic mass is 10.0. The second-order valence-electron chi connectivity index (χ2n) is 3.12. The largest absolute Gasteiger partial charge is 0.382 e. The van der Waals surface area contributed by atoms with E-state index < -0.39 is 30.4 Å². The molecule has 0 saturated heterocycles. The van der Waals surface area contributed by atoms with Crippen molar-refractivity contribution in [3.05, 3.63) is 0 Å². The predicted octanol–water partition coefficient (Wildman–Crippen LogP) is -0.405. The van der Waals surface area contributed by atoms with Gasteiger partial charge in [0.05, 0.1) is 0 Å². The molecular weight excluding hydrogens is 182 g/mol. The summed E-state index contributed by atoms with van der Waals surface area (Å²) in [5.74, 6) is -3.83. The number of rotatable bonds is 5. The van der Waals surface area contributed by atoms with Gasteiger partial charge in [0, 0.05) is 12.5 Å². The molecule has 5 N–H and O–H groups in total. The number of aliphatic hydroxyl groups excluding tert-OH is 1. The Bertz CT molecular complexity index is 182. The molecule has 0 bridgehead atoms. The topological polar surface area (TPSA) is 89.3 Å². The Kier molecular flexibility index (Phi) is 4.22. The second kappa shape index (κ2) is 4.48. The van der Waals surface area contributed by atoms with Crippen LogP contribution in [-0.4, -0.2) is 29.1 Å². The Balaban J connectivity index is 3.88. The maximum Gasteiger partial charge on any atom is 0.247 e. The number of hydrogen-bond acceptors (Lipinski definition) is 3. The number of nitrogens with two attached hydrogens (primary N) is 2. The number of hydrogen-bond donors (Lipinski definition) is 3. The summed E-state index contributed by atoms with van der Waals surface area (Å²) in [6.45, 7) is 0.746. The molecular formula is C7H14F2N2O2. The fourth-order valence-corrected chi connectivity index (χ4v) is 0.789. The first-order valence-electron chi connectivity index (χ1n) is 3.85. The van der Waals surface area contributed by atoms with Crippen LogP contribution in [0.2, 0.25) is 0 Å². The van der Waals surface area contributed by atoms with Crippen molar-refractivity contribution in [3.63, 3.8) is 0 Å². The lowest BCUT2D eigenvalue weighted by Gasteiger charge is -2.17. The maximum atomic E-state index is 12.3. The first-order valence-corrected chi connectivity index (χ1v) is 3.85. The average Bonchev–Trinajstić information content (AvgIpc) is 1.97. The van der Waals surface area contributed by atoms with Crippen LogP contribution in [0.15, 0.2) is 0 Å². The molecule has 0 aliphatic carbocycles. The fourth-order valence-electron chi connectivity index (χ4n) is 0.789. The van der Waals surface area contributed by atoms with Gasteiger partial charge in [-0.1, -0.05) is 0 Å². The third-order valence-electron chi connectivity index (χ3n) is 1.61. The van der Waals surface area contributed by atoms with Crippen molar-refractivity contribution >= 4 is 5.91 Å². The quantitative estimate of drug-likeness (QED) is 0.558. The van der Waals surface area contributed by atoms with E-state index in [1.54, 1.807) is 0 Å². The van der Waals surface area contributed by atoms with Crippen LogP contribution >= 0.6 is 0 Å². The molecule has 0 aliphatic rings. The molecule has 4 nitrogen and oxygen atoms in total. The van der Waals surface area contributed by atoms with Gasteiger partial charge in [-0.3, -0.25) is 4.79 Å². The molecule has 0 aliphatic heterocycles. The highest BCUT2D eigenvalue weighted by Crippen LogP contribution is 2.19. The zero-order valence-corrected chi connectivity index (χ0v) is 7.34. The SMILES string of the molecule is CC(F)(F)CC[C@H](N)C(O)C(N)=O. The third kappa shape index (κ3) is 5.48. The zero-order chi connectivity index (χ0) is 10.6. The van der Waals surface area contributed by atoms with E-state index in [2.05, 4.69) is 0 Å². The lowest BCUT2D eigenvalue weighted by Crippen LogP contribution is -2.44. The van der Waals surface area contributed by atoms with Crippen LogP contribution in [0.5, 0.6) is 0 Å². The van der Waals surface area contributed by atoms with Gasteiger partial charge in [-0.2, -0.15) is 0 Å². The van der Waals surface area contributed by atoms with Crippen LogP contribution < -0.4 is 11.5 Å². The van der Waals surface area contributed by atoms with Crippen LogP contribution in [0, 0.1) is 0 Å². The fraction of sp³-hybridized carbons (Fsp3) is 0.857. The smallest absolute Gasteiger partial charge is 0.247 e. The molecule has 0 spiro atoms. The van der Waals surface area contributed by atoms with Gasteiger partial charge < -0.3 is 16.6 Å². The summed E-state index contributed by atoms with van der Waals surface area (Å²) in [6, 6.07) is -1.02. The van der Waals surface area contributed by atoms with Gasteiger partial charge in [-0.15, -0.1) is 0 Å². The summed E-state index contributed by atoms with van der Waals surface area (Å²) in [5, 5.41) is 8.95. The number of alkyl halides is 2. The van der Waals surface area contributed by atoms with Gasteiger partial charge in [0.1, 0.15) is 6.10 Å². The lowest BCUT2D eigenvalue weighted by molar-refractivity contribution is -0.127. The van der Waals surface area contributed by atoms with E-state index in [-0.39, 0.29) is 6.42 Å². The summed E-state index contributed by atoms with van der Waals surface area (Å²) in [4.78, 5) is 10.4. The summed E-state index contributed by atoms with van der Waals surface area (Å²) in [6.07, 6.45) is -2.17. The van der Waals surface area contributed by atoms with Crippen LogP contribution in [0.3, 0.4) is 0 Å². The molecule has 1 unspecified atom stereocenters. The number of halogens is 2. The Morgan fingerprint density at radius 3 is 2.38 bits per heavy atom. The van der Waals surface area contributed by atoms with Gasteiger partial charge >= 0.3 is 0 Å². The van der Waals surface area contributed by atoms with E-state index in [1.165, 1.54) is 0 Å². The van der Waals surface area contributed by atoms with Crippen molar-refractivity contribution < 1.29 is 18.7 Å². The van der Waals surface area contributed by atoms with Crippen LogP contribution in [0.1, 0.15) is 19.8 Å². The van der Waals surface area contributed by atoms with E-state index in [4.69, 9.17) is 16.6 Å². The first-order chi connectivity index (χ1) is 5.74. The minimum Gasteiger partial charge on any atom is -0.382 e. The van der Waals surface area contributed by atoms with Crippen molar-refractivity contribution in [2.75, 3.05) is 0 Å². The number of amides is 1. The Morgan fingerprint density at radius 2 is 2.08 bits per heavy atom. The molecule has 0 fully saturated rings.